The molecule has 0 spiro atoms. The van der Waals surface area contributed by atoms with E-state index in [-0.39, 0.29) is 5.97 Å². The average Bonchev–Trinajstić information content (AvgIpc) is 2.35. The second kappa shape index (κ2) is 7.79. The Morgan fingerprint density at radius 2 is 2.35 bits per heavy atom. The van der Waals surface area contributed by atoms with Gasteiger partial charge in [0.2, 0.25) is 0 Å². The molecule has 92 valence electrons. The van der Waals surface area contributed by atoms with Gasteiger partial charge in [0.05, 0.1) is 6.61 Å². The Kier molecular flexibility index (Phi) is 6.25. The van der Waals surface area contributed by atoms with Gasteiger partial charge in [0.1, 0.15) is 0 Å². The SMILES string of the molecule is CCOC(=O)/C=C/CNc1cccc(SC)c1. The summed E-state index contributed by atoms with van der Waals surface area (Å²) in [6.45, 7) is 2.81. The zero-order valence-corrected chi connectivity index (χ0v) is 10.9. The van der Waals surface area contributed by atoms with Crippen LogP contribution in [0.2, 0.25) is 0 Å². The van der Waals surface area contributed by atoms with E-state index in [1.165, 1.54) is 11.0 Å². The summed E-state index contributed by atoms with van der Waals surface area (Å²) in [4.78, 5) is 12.2. The highest BCUT2D eigenvalue weighted by molar-refractivity contribution is 7.98. The zero-order chi connectivity index (χ0) is 12.5. The Hall–Kier alpha value is -1.42. The number of esters is 1. The Morgan fingerprint density at radius 1 is 1.53 bits per heavy atom. The van der Waals surface area contributed by atoms with Gasteiger partial charge in [-0.15, -0.1) is 11.8 Å². The van der Waals surface area contributed by atoms with Crippen molar-refractivity contribution in [3.63, 3.8) is 0 Å². The van der Waals surface area contributed by atoms with E-state index in [9.17, 15) is 4.79 Å². The fourth-order valence-electron chi connectivity index (χ4n) is 1.26. The summed E-state index contributed by atoms with van der Waals surface area (Å²) in [7, 11) is 0. The van der Waals surface area contributed by atoms with Crippen LogP contribution in [0.5, 0.6) is 0 Å². The summed E-state index contributed by atoms with van der Waals surface area (Å²) >= 11 is 1.70. The van der Waals surface area contributed by atoms with Crippen molar-refractivity contribution in [1.82, 2.24) is 0 Å². The van der Waals surface area contributed by atoms with E-state index in [4.69, 9.17) is 4.74 Å². The molecule has 17 heavy (non-hydrogen) atoms. The molecule has 4 heteroatoms. The molecule has 0 saturated heterocycles. The van der Waals surface area contributed by atoms with Crippen LogP contribution in [0.3, 0.4) is 0 Å². The third-order valence-corrected chi connectivity index (χ3v) is 2.76. The van der Waals surface area contributed by atoms with Gasteiger partial charge in [0.25, 0.3) is 0 Å². The molecular weight excluding hydrogens is 234 g/mol. The Morgan fingerprint density at radius 3 is 3.06 bits per heavy atom. The van der Waals surface area contributed by atoms with Crippen LogP contribution in [0.15, 0.2) is 41.3 Å². The zero-order valence-electron chi connectivity index (χ0n) is 10.1. The van der Waals surface area contributed by atoms with Crippen LogP contribution in [0, 0.1) is 0 Å². The number of hydrogen-bond acceptors (Lipinski definition) is 4. The normalized spacial score (nSPS) is 10.5. The van der Waals surface area contributed by atoms with Gasteiger partial charge in [-0.25, -0.2) is 4.79 Å². The van der Waals surface area contributed by atoms with Crippen molar-refractivity contribution in [2.75, 3.05) is 24.7 Å². The summed E-state index contributed by atoms with van der Waals surface area (Å²) in [6, 6.07) is 8.13. The topological polar surface area (TPSA) is 38.3 Å². The van der Waals surface area contributed by atoms with Gasteiger partial charge in [-0.05, 0) is 31.4 Å². The Balaban J connectivity index is 2.37. The molecule has 0 aromatic heterocycles. The van der Waals surface area contributed by atoms with Crippen molar-refractivity contribution in [2.24, 2.45) is 0 Å². The maximum absolute atomic E-state index is 11.0. The van der Waals surface area contributed by atoms with Crippen molar-refractivity contribution < 1.29 is 9.53 Å². The molecule has 0 aliphatic heterocycles. The number of thioether (sulfide) groups is 1. The van der Waals surface area contributed by atoms with Crippen molar-refractivity contribution in [3.05, 3.63) is 36.4 Å². The van der Waals surface area contributed by atoms with Crippen molar-refractivity contribution in [2.45, 2.75) is 11.8 Å². The molecule has 0 unspecified atom stereocenters. The lowest BCUT2D eigenvalue weighted by Crippen LogP contribution is -2.02. The number of anilines is 1. The first-order valence-corrected chi connectivity index (χ1v) is 6.70. The lowest BCUT2D eigenvalue weighted by Gasteiger charge is -2.04. The average molecular weight is 251 g/mol. The van der Waals surface area contributed by atoms with Crippen LogP contribution in [-0.4, -0.2) is 25.4 Å². The minimum absolute atomic E-state index is 0.299. The largest absolute Gasteiger partial charge is 0.463 e. The summed E-state index contributed by atoms with van der Waals surface area (Å²) in [5, 5.41) is 3.21. The summed E-state index contributed by atoms with van der Waals surface area (Å²) in [5.74, 6) is -0.299. The van der Waals surface area contributed by atoms with Gasteiger partial charge < -0.3 is 10.1 Å². The van der Waals surface area contributed by atoms with E-state index in [2.05, 4.69) is 17.4 Å². The summed E-state index contributed by atoms with van der Waals surface area (Å²) in [5.41, 5.74) is 1.05. The second-order valence-corrected chi connectivity index (χ2v) is 4.15. The van der Waals surface area contributed by atoms with Gasteiger partial charge >= 0.3 is 5.97 Å². The number of rotatable bonds is 6. The van der Waals surface area contributed by atoms with E-state index in [1.54, 1.807) is 24.8 Å². The Labute approximate surface area is 106 Å². The molecule has 1 aromatic rings. The number of ether oxygens (including phenoxy) is 1. The lowest BCUT2D eigenvalue weighted by molar-refractivity contribution is -0.137. The van der Waals surface area contributed by atoms with E-state index in [0.717, 1.165) is 5.69 Å². The first kappa shape index (κ1) is 13.6. The summed E-state index contributed by atoms with van der Waals surface area (Å²) in [6.07, 6.45) is 5.23. The first-order valence-electron chi connectivity index (χ1n) is 5.47. The van der Waals surface area contributed by atoms with Crippen molar-refractivity contribution in [1.29, 1.82) is 0 Å². The first-order chi connectivity index (χ1) is 8.26. The molecular formula is C13H17NO2S. The second-order valence-electron chi connectivity index (χ2n) is 3.27. The molecule has 1 rings (SSSR count). The van der Waals surface area contributed by atoms with Gasteiger partial charge in [-0.2, -0.15) is 0 Å². The van der Waals surface area contributed by atoms with Gasteiger partial charge in [-0.3, -0.25) is 0 Å². The van der Waals surface area contributed by atoms with Crippen LogP contribution in [-0.2, 0) is 9.53 Å². The van der Waals surface area contributed by atoms with Crippen molar-refractivity contribution in [3.8, 4) is 0 Å². The van der Waals surface area contributed by atoms with Crippen LogP contribution >= 0.6 is 11.8 Å². The predicted octanol–water partition coefficient (Wildman–Crippen LogP) is 2.94. The third-order valence-electron chi connectivity index (χ3n) is 2.03. The molecule has 0 radical (unpaired) electrons. The van der Waals surface area contributed by atoms with Crippen LogP contribution in [0.25, 0.3) is 0 Å². The minimum Gasteiger partial charge on any atom is -0.463 e. The molecule has 1 N–H and O–H groups in total. The summed E-state index contributed by atoms with van der Waals surface area (Å²) < 4.78 is 4.77. The van der Waals surface area contributed by atoms with Crippen LogP contribution in [0.1, 0.15) is 6.92 Å². The molecule has 0 aliphatic carbocycles. The molecule has 1 aromatic carbocycles. The quantitative estimate of drug-likeness (QED) is 0.479. The molecule has 0 aliphatic rings. The minimum atomic E-state index is -0.299. The molecule has 3 nitrogen and oxygen atoms in total. The molecule has 0 amide bonds. The molecule has 0 saturated carbocycles. The molecule has 0 atom stereocenters. The third kappa shape index (κ3) is 5.45. The molecule has 0 bridgehead atoms. The number of carbonyl (C=O) groups excluding carboxylic acids is 1. The molecule has 0 fully saturated rings. The number of carbonyl (C=O) groups is 1. The van der Waals surface area contributed by atoms with Gasteiger partial charge in [0, 0.05) is 23.2 Å². The van der Waals surface area contributed by atoms with E-state index >= 15 is 0 Å². The highest BCUT2D eigenvalue weighted by Gasteiger charge is 1.94. The van der Waals surface area contributed by atoms with E-state index < -0.39 is 0 Å². The maximum atomic E-state index is 11.0. The van der Waals surface area contributed by atoms with Crippen LogP contribution in [0.4, 0.5) is 5.69 Å². The number of nitrogens with one attached hydrogen (secondary N) is 1. The lowest BCUT2D eigenvalue weighted by atomic mass is 10.3. The standard InChI is InChI=1S/C13H17NO2S/c1-3-16-13(15)8-5-9-14-11-6-4-7-12(10-11)17-2/h4-8,10,14H,3,9H2,1-2H3/b8-5+. The van der Waals surface area contributed by atoms with E-state index in [1.807, 2.05) is 18.4 Å². The van der Waals surface area contributed by atoms with Crippen molar-refractivity contribution >= 4 is 23.4 Å². The molecule has 0 heterocycles. The monoisotopic (exact) mass is 251 g/mol. The van der Waals surface area contributed by atoms with Crippen LogP contribution < -0.4 is 5.32 Å². The highest BCUT2D eigenvalue weighted by atomic mass is 32.2. The fourth-order valence-corrected chi connectivity index (χ4v) is 1.71. The smallest absolute Gasteiger partial charge is 0.330 e. The van der Waals surface area contributed by atoms with Gasteiger partial charge in [-0.1, -0.05) is 12.1 Å². The van der Waals surface area contributed by atoms with E-state index in [0.29, 0.717) is 13.2 Å². The number of hydrogen-bond donors (Lipinski definition) is 1. The fraction of sp³-hybridized carbons (Fsp3) is 0.308. The predicted molar refractivity (Wildman–Crippen MR) is 72.5 cm³/mol. The Bertz CT molecular complexity index is 391. The highest BCUT2D eigenvalue weighted by Crippen LogP contribution is 2.18. The maximum Gasteiger partial charge on any atom is 0.330 e. The van der Waals surface area contributed by atoms with Gasteiger partial charge in [0.15, 0.2) is 0 Å². The number of benzene rings is 1.